The Morgan fingerprint density at radius 2 is 1.05 bits per heavy atom. The van der Waals surface area contributed by atoms with Gasteiger partial charge in [0.05, 0.1) is 36.6 Å². The average molecular weight is 729 g/mol. The average Bonchev–Trinajstić information content (AvgIpc) is 3.52. The van der Waals surface area contributed by atoms with E-state index in [2.05, 4.69) is 125 Å². The molecule has 42 heavy (non-hydrogen) atoms. The molecular formula is C32H34N2S5Si2Zn. The second-order valence-corrected chi connectivity index (χ2v) is 25.1. The molecule has 0 aliphatic rings. The minimum Gasteiger partial charge on any atom is -0.813 e. The van der Waals surface area contributed by atoms with Crippen LogP contribution in [0.25, 0.3) is 41.6 Å². The third-order valence-electron chi connectivity index (χ3n) is 6.76. The first-order chi connectivity index (χ1) is 18.9. The Bertz CT molecular complexity index is 1620. The van der Waals surface area contributed by atoms with Gasteiger partial charge in [-0.2, -0.15) is 4.90 Å². The van der Waals surface area contributed by atoms with Crippen molar-refractivity contribution in [2.75, 3.05) is 0 Å². The van der Waals surface area contributed by atoms with Crippen LogP contribution in [0, 0.1) is 0 Å². The van der Waals surface area contributed by atoms with E-state index >= 15 is 0 Å². The molecule has 0 atom stereocenters. The summed E-state index contributed by atoms with van der Waals surface area (Å²) in [6, 6.07) is 29.6. The molecule has 0 fully saturated rings. The molecule has 4 aromatic carbocycles. The van der Waals surface area contributed by atoms with Crippen LogP contribution >= 0.6 is 35.3 Å². The molecule has 0 amide bonds. The zero-order chi connectivity index (χ0) is 28.7. The monoisotopic (exact) mass is 726 g/mol. The number of fused-ring (bicyclic) bond motifs is 2. The Morgan fingerprint density at radius 3 is 1.52 bits per heavy atom. The van der Waals surface area contributed by atoms with Crippen molar-refractivity contribution in [3.63, 3.8) is 0 Å². The largest absolute Gasteiger partial charge is 2.00 e. The van der Waals surface area contributed by atoms with Gasteiger partial charge in [-0.05, 0) is 35.9 Å². The van der Waals surface area contributed by atoms with Crippen molar-refractivity contribution >= 4 is 108 Å². The maximum Gasteiger partial charge on any atom is 2.00 e. The minimum absolute atomic E-state index is 0. The third-order valence-corrected chi connectivity index (χ3v) is 13.7. The van der Waals surface area contributed by atoms with E-state index in [0.29, 0.717) is 0 Å². The summed E-state index contributed by atoms with van der Waals surface area (Å²) in [7, 11) is -2.65. The Morgan fingerprint density at radius 1 is 0.619 bits per heavy atom. The van der Waals surface area contributed by atoms with Crippen LogP contribution in [0.5, 0.6) is 0 Å². The van der Waals surface area contributed by atoms with Crippen LogP contribution in [0.1, 0.15) is 0 Å². The molecule has 2 heterocycles. The molecule has 0 saturated carbocycles. The van der Waals surface area contributed by atoms with Gasteiger partial charge in [0, 0.05) is 10.5 Å². The maximum atomic E-state index is 5.50. The fourth-order valence-corrected chi connectivity index (χ4v) is 9.23. The number of benzene rings is 4. The molecular weight excluding hydrogens is 694 g/mol. The number of nitrogens with zero attached hydrogens (tertiary/aromatic N) is 2. The van der Waals surface area contributed by atoms with Gasteiger partial charge < -0.3 is 26.1 Å². The smallest absolute Gasteiger partial charge is 0.813 e. The summed E-state index contributed by atoms with van der Waals surface area (Å²) in [5.41, 5.74) is 4.40. The first-order valence-corrected chi connectivity index (χ1v) is 22.8. The van der Waals surface area contributed by atoms with E-state index in [0.717, 1.165) is 42.0 Å². The molecule has 0 aliphatic heterocycles. The van der Waals surface area contributed by atoms with Crippen molar-refractivity contribution in [3.05, 3.63) is 84.9 Å². The molecule has 0 bridgehead atoms. The van der Waals surface area contributed by atoms with Gasteiger partial charge in [-0.25, -0.2) is 9.97 Å². The first-order valence-electron chi connectivity index (χ1n) is 13.3. The van der Waals surface area contributed by atoms with Crippen molar-refractivity contribution in [1.82, 2.24) is 9.97 Å². The topological polar surface area (TPSA) is 25.8 Å². The summed E-state index contributed by atoms with van der Waals surface area (Å²) >= 11 is 13.6. The van der Waals surface area contributed by atoms with E-state index in [1.807, 2.05) is 12.1 Å². The Labute approximate surface area is 290 Å². The molecule has 2 aromatic heterocycles. The van der Waals surface area contributed by atoms with Crippen molar-refractivity contribution in [2.24, 2.45) is 0 Å². The predicted octanol–water partition coefficient (Wildman–Crippen LogP) is 8.94. The fraction of sp³-hybridized carbons (Fsp3) is 0.188. The Hall–Kier alpha value is -1.36. The summed E-state index contributed by atoms with van der Waals surface area (Å²) in [6.45, 7) is 14.2. The Kier molecular flexibility index (Phi) is 11.8. The maximum absolute atomic E-state index is 5.50. The zero-order valence-corrected chi connectivity index (χ0v) is 34.0. The Balaban J connectivity index is 0.000000220. The number of aromatic nitrogens is 2. The second kappa shape index (κ2) is 14.2. The summed E-state index contributed by atoms with van der Waals surface area (Å²) in [6.07, 6.45) is 0. The number of para-hydroxylation sites is 2. The molecule has 6 aromatic rings. The molecule has 0 N–H and O–H groups in total. The number of thiazole rings is 2. The van der Waals surface area contributed by atoms with E-state index in [1.54, 1.807) is 22.7 Å². The van der Waals surface area contributed by atoms with Crippen molar-refractivity contribution in [3.8, 4) is 21.1 Å². The van der Waals surface area contributed by atoms with Gasteiger partial charge >= 0.3 is 19.5 Å². The van der Waals surface area contributed by atoms with Crippen LogP contribution in [0.2, 0.25) is 39.3 Å². The molecule has 10 heteroatoms. The summed E-state index contributed by atoms with van der Waals surface area (Å²) < 4.78 is 2.45. The fourth-order valence-electron chi connectivity index (χ4n) is 4.31. The van der Waals surface area contributed by atoms with Crippen LogP contribution in [-0.4, -0.2) is 26.1 Å². The minimum atomic E-state index is -1.33. The number of rotatable bonds is 4. The number of thiol groups is 2. The molecule has 0 radical (unpaired) electrons. The van der Waals surface area contributed by atoms with E-state index < -0.39 is 16.1 Å². The molecule has 0 saturated heterocycles. The van der Waals surface area contributed by atoms with Gasteiger partial charge in [0.2, 0.25) is 0 Å². The SMILES string of the molecule is C[Si](C)(C)c1ccc(S)c(-c2nc3ccccc3s2)c1.C[Si](C)(C)c1ccc([S-])c(-c2nc3ccccc3s2)c1.[SH-].[Zn+2]. The summed E-state index contributed by atoms with van der Waals surface area (Å²) in [4.78, 5) is 11.4. The van der Waals surface area contributed by atoms with Crippen LogP contribution in [-0.2, 0) is 45.6 Å². The molecule has 2 nitrogen and oxygen atoms in total. The van der Waals surface area contributed by atoms with E-state index in [1.165, 1.54) is 19.8 Å². The van der Waals surface area contributed by atoms with Crippen molar-refractivity contribution < 1.29 is 19.5 Å². The van der Waals surface area contributed by atoms with Crippen LogP contribution in [0.4, 0.5) is 0 Å². The first kappa shape index (κ1) is 35.1. The van der Waals surface area contributed by atoms with Crippen molar-refractivity contribution in [2.45, 2.75) is 49.1 Å². The van der Waals surface area contributed by atoms with Gasteiger partial charge in [-0.1, -0.05) is 104 Å². The third kappa shape index (κ3) is 8.01. The van der Waals surface area contributed by atoms with Gasteiger partial charge in [-0.15, -0.1) is 35.3 Å². The second-order valence-electron chi connectivity index (χ2n) is 11.9. The van der Waals surface area contributed by atoms with E-state index in [-0.39, 0.29) is 33.0 Å². The summed E-state index contributed by atoms with van der Waals surface area (Å²) in [5, 5.41) is 4.98. The van der Waals surface area contributed by atoms with Gasteiger partial charge in [0.25, 0.3) is 0 Å². The number of hydrogen-bond donors (Lipinski definition) is 1. The normalized spacial score (nSPS) is 11.4. The van der Waals surface area contributed by atoms with Crippen LogP contribution < -0.4 is 10.4 Å². The van der Waals surface area contributed by atoms with E-state index in [4.69, 9.17) is 22.6 Å². The quantitative estimate of drug-likeness (QED) is 0.111. The van der Waals surface area contributed by atoms with Crippen LogP contribution in [0.15, 0.2) is 94.7 Å². The zero-order valence-electron chi connectivity index (χ0n) is 24.8. The predicted molar refractivity (Wildman–Crippen MR) is 198 cm³/mol. The summed E-state index contributed by atoms with van der Waals surface area (Å²) in [5.74, 6) is 0. The molecule has 0 unspecified atom stereocenters. The van der Waals surface area contributed by atoms with Gasteiger partial charge in [-0.3, -0.25) is 0 Å². The van der Waals surface area contributed by atoms with Gasteiger partial charge in [0.1, 0.15) is 10.0 Å². The number of hydrogen-bond acceptors (Lipinski definition) is 7. The molecule has 212 valence electrons. The van der Waals surface area contributed by atoms with Crippen LogP contribution in [0.3, 0.4) is 0 Å². The molecule has 6 rings (SSSR count). The molecule has 0 spiro atoms. The van der Waals surface area contributed by atoms with E-state index in [9.17, 15) is 0 Å². The van der Waals surface area contributed by atoms with Gasteiger partial charge in [0.15, 0.2) is 0 Å². The van der Waals surface area contributed by atoms with Crippen molar-refractivity contribution in [1.29, 1.82) is 0 Å². The molecule has 0 aliphatic carbocycles. The standard InChI is InChI=1S/2C16H17NS2Si.H2S.Zn/c2*1-20(2,3)11-8-9-14(18)12(10-11)16-17-13-6-4-5-7-15(13)19-16;;/h2*4-10,18H,1-3H3;1H2;/q;;;+2/p-2.